The van der Waals surface area contributed by atoms with Crippen LogP contribution in [0.15, 0.2) is 84.4 Å². The van der Waals surface area contributed by atoms with E-state index < -0.39 is 17.6 Å². The van der Waals surface area contributed by atoms with Crippen LogP contribution in [0.1, 0.15) is 22.7 Å². The molecule has 1 fully saturated rings. The molecule has 0 atom stereocenters. The van der Waals surface area contributed by atoms with Gasteiger partial charge in [0.05, 0.1) is 11.6 Å². The van der Waals surface area contributed by atoms with Crippen molar-refractivity contribution in [3.8, 4) is 0 Å². The fraction of sp³-hybridized carbons (Fsp3) is 0.125. The molecule has 0 aliphatic carbocycles. The van der Waals surface area contributed by atoms with Gasteiger partial charge in [0.1, 0.15) is 11.6 Å². The molecule has 3 nitrogen and oxygen atoms in total. The first-order valence-corrected chi connectivity index (χ1v) is 9.28. The van der Waals surface area contributed by atoms with E-state index in [1.165, 1.54) is 0 Å². The lowest BCUT2D eigenvalue weighted by molar-refractivity contribution is -0.130. The normalized spacial score (nSPS) is 14.0. The van der Waals surface area contributed by atoms with Crippen molar-refractivity contribution in [2.24, 2.45) is 0 Å². The number of aliphatic carboxylic acids is 1. The van der Waals surface area contributed by atoms with Gasteiger partial charge in [-0.2, -0.15) is 0 Å². The van der Waals surface area contributed by atoms with Crippen LogP contribution >= 0.6 is 0 Å². The summed E-state index contributed by atoms with van der Waals surface area (Å²) in [5.74, 6) is -2.76. The van der Waals surface area contributed by atoms with Crippen LogP contribution in [0.25, 0.3) is 5.57 Å². The average molecular weight is 391 g/mol. The predicted octanol–water partition coefficient (Wildman–Crippen LogP) is 4.91. The third-order valence-electron chi connectivity index (χ3n) is 5.10. The van der Waals surface area contributed by atoms with Gasteiger partial charge >= 0.3 is 5.97 Å². The summed E-state index contributed by atoms with van der Waals surface area (Å²) in [6, 6.07) is 22.8. The van der Waals surface area contributed by atoms with Crippen molar-refractivity contribution in [3.63, 3.8) is 0 Å². The monoisotopic (exact) mass is 391 g/mol. The zero-order valence-corrected chi connectivity index (χ0v) is 15.6. The van der Waals surface area contributed by atoms with Crippen LogP contribution < -0.4 is 0 Å². The van der Waals surface area contributed by atoms with Crippen LogP contribution in [0.3, 0.4) is 0 Å². The van der Waals surface area contributed by atoms with Crippen LogP contribution in [-0.2, 0) is 4.79 Å². The van der Waals surface area contributed by atoms with Crippen molar-refractivity contribution in [3.05, 3.63) is 113 Å². The van der Waals surface area contributed by atoms with E-state index in [4.69, 9.17) is 0 Å². The molecule has 1 N–H and O–H groups in total. The number of hydrogen-bond acceptors (Lipinski definition) is 2. The number of carboxylic acid groups (broad SMARTS) is 1. The van der Waals surface area contributed by atoms with Gasteiger partial charge in [0.15, 0.2) is 0 Å². The molecule has 0 saturated carbocycles. The summed E-state index contributed by atoms with van der Waals surface area (Å²) in [5, 5.41) is 9.68. The Labute approximate surface area is 167 Å². The molecule has 1 heterocycles. The lowest BCUT2D eigenvalue weighted by atomic mass is 9.89. The fourth-order valence-corrected chi connectivity index (χ4v) is 3.85. The number of rotatable bonds is 5. The molecule has 0 spiro atoms. The highest BCUT2D eigenvalue weighted by molar-refractivity contribution is 6.16. The first-order valence-electron chi connectivity index (χ1n) is 9.28. The number of benzene rings is 3. The molecule has 4 rings (SSSR count). The molecular formula is C24H19F2NO2. The van der Waals surface area contributed by atoms with Gasteiger partial charge in [-0.3, -0.25) is 4.90 Å². The second kappa shape index (κ2) is 7.97. The average Bonchev–Trinajstić information content (AvgIpc) is 2.67. The molecule has 146 valence electrons. The van der Waals surface area contributed by atoms with Gasteiger partial charge in [0.25, 0.3) is 0 Å². The Morgan fingerprint density at radius 3 is 1.76 bits per heavy atom. The molecule has 0 unspecified atom stereocenters. The van der Waals surface area contributed by atoms with Crippen LogP contribution in [0.5, 0.6) is 0 Å². The van der Waals surface area contributed by atoms with E-state index in [1.807, 2.05) is 60.7 Å². The number of carbonyl (C=O) groups is 1. The molecule has 3 aromatic rings. The Bertz CT molecular complexity index is 997. The number of carboxylic acids is 1. The lowest BCUT2D eigenvalue weighted by Crippen LogP contribution is -2.44. The second-order valence-electron chi connectivity index (χ2n) is 7.07. The zero-order chi connectivity index (χ0) is 20.4. The molecule has 1 aliphatic rings. The van der Waals surface area contributed by atoms with Crippen molar-refractivity contribution in [1.82, 2.24) is 4.90 Å². The van der Waals surface area contributed by atoms with Crippen molar-refractivity contribution >= 4 is 11.5 Å². The van der Waals surface area contributed by atoms with Gasteiger partial charge in [-0.25, -0.2) is 13.6 Å². The molecule has 3 aromatic carbocycles. The molecule has 1 saturated heterocycles. The van der Waals surface area contributed by atoms with Crippen LogP contribution in [0, 0.1) is 11.6 Å². The molecule has 29 heavy (non-hydrogen) atoms. The molecule has 0 bridgehead atoms. The maximum absolute atomic E-state index is 13.6. The van der Waals surface area contributed by atoms with Crippen LogP contribution in [0.4, 0.5) is 8.78 Å². The minimum atomic E-state index is -1.18. The van der Waals surface area contributed by atoms with Gasteiger partial charge in [0.2, 0.25) is 0 Å². The summed E-state index contributed by atoms with van der Waals surface area (Å²) < 4.78 is 27.2. The van der Waals surface area contributed by atoms with E-state index >= 15 is 0 Å². The van der Waals surface area contributed by atoms with Gasteiger partial charge in [-0.1, -0.05) is 60.7 Å². The van der Waals surface area contributed by atoms with Gasteiger partial charge in [-0.05, 0) is 34.4 Å². The topological polar surface area (TPSA) is 40.5 Å². The Morgan fingerprint density at radius 1 is 0.828 bits per heavy atom. The number of likely N-dealkylation sites (tertiary alicyclic amines) is 1. The van der Waals surface area contributed by atoms with Crippen molar-refractivity contribution in [2.75, 3.05) is 13.1 Å². The molecule has 1 aliphatic heterocycles. The number of halogens is 2. The summed E-state index contributed by atoms with van der Waals surface area (Å²) in [7, 11) is 0. The van der Waals surface area contributed by atoms with Crippen LogP contribution in [0.2, 0.25) is 0 Å². The van der Waals surface area contributed by atoms with E-state index in [0.29, 0.717) is 18.7 Å². The summed E-state index contributed by atoms with van der Waals surface area (Å²) >= 11 is 0. The van der Waals surface area contributed by atoms with E-state index in [1.54, 1.807) is 0 Å². The van der Waals surface area contributed by atoms with E-state index in [-0.39, 0.29) is 17.2 Å². The summed E-state index contributed by atoms with van der Waals surface area (Å²) in [6.07, 6.45) is 0. The maximum atomic E-state index is 13.6. The Kier molecular flexibility index (Phi) is 5.23. The second-order valence-corrected chi connectivity index (χ2v) is 7.07. The zero-order valence-electron chi connectivity index (χ0n) is 15.6. The molecular weight excluding hydrogens is 372 g/mol. The molecule has 0 radical (unpaired) electrons. The van der Waals surface area contributed by atoms with Gasteiger partial charge in [0, 0.05) is 19.2 Å². The third-order valence-corrected chi connectivity index (χ3v) is 5.10. The predicted molar refractivity (Wildman–Crippen MR) is 107 cm³/mol. The molecule has 0 amide bonds. The number of nitrogens with zero attached hydrogens (tertiary/aromatic N) is 1. The summed E-state index contributed by atoms with van der Waals surface area (Å²) in [5.41, 5.74) is 2.89. The Hall–Kier alpha value is -3.31. The van der Waals surface area contributed by atoms with E-state index in [2.05, 4.69) is 4.90 Å². The van der Waals surface area contributed by atoms with Crippen molar-refractivity contribution in [2.45, 2.75) is 6.04 Å². The van der Waals surface area contributed by atoms with E-state index in [0.717, 1.165) is 29.3 Å². The highest BCUT2D eigenvalue weighted by Gasteiger charge is 2.33. The smallest absolute Gasteiger partial charge is 0.336 e. The lowest BCUT2D eigenvalue weighted by Gasteiger charge is -2.42. The molecule has 5 heteroatoms. The maximum Gasteiger partial charge on any atom is 0.336 e. The molecule has 0 aromatic heterocycles. The minimum absolute atomic E-state index is 0.0274. The van der Waals surface area contributed by atoms with Gasteiger partial charge < -0.3 is 5.11 Å². The Morgan fingerprint density at radius 2 is 1.31 bits per heavy atom. The summed E-state index contributed by atoms with van der Waals surface area (Å²) in [4.78, 5) is 14.0. The first-order chi connectivity index (χ1) is 14.0. The number of hydrogen-bond donors (Lipinski definition) is 1. The SMILES string of the molecule is O=C(O)C(=C1CN(C(c2ccccc2)c2ccccc2)C1)c1cc(F)cc(F)c1. The third kappa shape index (κ3) is 3.96. The van der Waals surface area contributed by atoms with Gasteiger partial charge in [-0.15, -0.1) is 0 Å². The van der Waals surface area contributed by atoms with E-state index in [9.17, 15) is 18.7 Å². The van der Waals surface area contributed by atoms with Crippen molar-refractivity contribution in [1.29, 1.82) is 0 Å². The largest absolute Gasteiger partial charge is 0.478 e. The first kappa shape index (κ1) is 19.0. The fourth-order valence-electron chi connectivity index (χ4n) is 3.85. The minimum Gasteiger partial charge on any atom is -0.478 e. The highest BCUT2D eigenvalue weighted by Crippen LogP contribution is 2.36. The highest BCUT2D eigenvalue weighted by atomic mass is 19.1. The standard InChI is InChI=1S/C24H19F2NO2/c25-20-11-18(12-21(26)13-20)22(24(28)29)19-14-27(15-19)23(16-7-3-1-4-8-16)17-9-5-2-6-10-17/h1-13,23H,14-15H2,(H,28,29). The quantitative estimate of drug-likeness (QED) is 0.629. The summed E-state index contributed by atoms with van der Waals surface area (Å²) in [6.45, 7) is 0.822. The van der Waals surface area contributed by atoms with Crippen molar-refractivity contribution < 1.29 is 18.7 Å². The Balaban J connectivity index is 1.68. The van der Waals surface area contributed by atoms with Crippen LogP contribution in [-0.4, -0.2) is 29.1 Å².